The molecule has 1 aliphatic rings. The third-order valence-corrected chi connectivity index (χ3v) is 2.71. The summed E-state index contributed by atoms with van der Waals surface area (Å²) in [7, 11) is 0. The summed E-state index contributed by atoms with van der Waals surface area (Å²) in [6, 6.07) is 7.35. The number of nitrogens with zero attached hydrogens (tertiary/aromatic N) is 1. The minimum Gasteiger partial charge on any atom is -0.481 e. The van der Waals surface area contributed by atoms with Crippen molar-refractivity contribution in [2.24, 2.45) is 0 Å². The summed E-state index contributed by atoms with van der Waals surface area (Å²) >= 11 is 0. The molecule has 0 atom stereocenters. The number of carbonyl (C=O) groups is 2. The molecule has 1 saturated heterocycles. The van der Waals surface area contributed by atoms with Gasteiger partial charge in [-0.25, -0.2) is 4.79 Å². The molecule has 0 saturated carbocycles. The number of carboxylic acids is 1. The van der Waals surface area contributed by atoms with Crippen LogP contribution in [0, 0.1) is 0 Å². The van der Waals surface area contributed by atoms with E-state index in [1.54, 1.807) is 4.90 Å². The van der Waals surface area contributed by atoms with Crippen LogP contribution >= 0.6 is 0 Å². The Morgan fingerprint density at radius 2 is 2.29 bits per heavy atom. The topological polar surface area (TPSA) is 69.6 Å². The maximum atomic E-state index is 11.5. The Balaban J connectivity index is 2.10. The van der Waals surface area contributed by atoms with Crippen molar-refractivity contribution in [2.75, 3.05) is 18.0 Å². The first kappa shape index (κ1) is 11.4. The normalized spacial score (nSPS) is 14.8. The van der Waals surface area contributed by atoms with Crippen LogP contribution in [-0.4, -0.2) is 30.2 Å². The van der Waals surface area contributed by atoms with Crippen molar-refractivity contribution in [2.45, 2.75) is 12.8 Å². The predicted octanol–water partition coefficient (Wildman–Crippen LogP) is 1.23. The zero-order valence-electron chi connectivity index (χ0n) is 9.35. The Morgan fingerprint density at radius 1 is 1.47 bits per heavy atom. The Bertz CT molecular complexity index is 445. The van der Waals surface area contributed by atoms with Crippen molar-refractivity contribution < 1.29 is 14.7 Å². The molecule has 0 aromatic heterocycles. The highest BCUT2D eigenvalue weighted by Gasteiger charge is 2.20. The van der Waals surface area contributed by atoms with Gasteiger partial charge >= 0.3 is 12.0 Å². The molecule has 0 aliphatic carbocycles. The fourth-order valence-electron chi connectivity index (χ4n) is 1.85. The summed E-state index contributed by atoms with van der Waals surface area (Å²) < 4.78 is 0. The van der Waals surface area contributed by atoms with Gasteiger partial charge in [-0.2, -0.15) is 0 Å². The lowest BCUT2D eigenvalue weighted by molar-refractivity contribution is -0.136. The molecule has 2 rings (SSSR count). The summed E-state index contributed by atoms with van der Waals surface area (Å²) in [4.78, 5) is 23.6. The average Bonchev–Trinajstić information content (AvgIpc) is 2.73. The number of hydrogen-bond donors (Lipinski definition) is 2. The van der Waals surface area contributed by atoms with Gasteiger partial charge in [0.2, 0.25) is 0 Å². The highest BCUT2D eigenvalue weighted by molar-refractivity contribution is 5.94. The maximum Gasteiger partial charge on any atom is 0.321 e. The number of urea groups is 1. The summed E-state index contributed by atoms with van der Waals surface area (Å²) in [6.07, 6.45) is 0.592. The van der Waals surface area contributed by atoms with E-state index in [-0.39, 0.29) is 12.5 Å². The Labute approximate surface area is 99.0 Å². The number of carbonyl (C=O) groups excluding carboxylic acids is 1. The summed E-state index contributed by atoms with van der Waals surface area (Å²) in [5, 5.41) is 11.4. The van der Waals surface area contributed by atoms with Crippen LogP contribution in [-0.2, 0) is 11.2 Å². The summed E-state index contributed by atoms with van der Waals surface area (Å²) in [6.45, 7) is 1.30. The number of hydrogen-bond acceptors (Lipinski definition) is 2. The molecule has 17 heavy (non-hydrogen) atoms. The number of aliphatic carboxylic acids is 1. The molecule has 0 spiro atoms. The van der Waals surface area contributed by atoms with Gasteiger partial charge in [-0.1, -0.05) is 12.1 Å². The lowest BCUT2D eigenvalue weighted by Gasteiger charge is -2.15. The van der Waals surface area contributed by atoms with Crippen LogP contribution in [0.3, 0.4) is 0 Å². The largest absolute Gasteiger partial charge is 0.481 e. The predicted molar refractivity (Wildman–Crippen MR) is 63.1 cm³/mol. The molecule has 1 heterocycles. The molecular formula is C12H14N2O3. The van der Waals surface area contributed by atoms with Crippen molar-refractivity contribution in [1.29, 1.82) is 0 Å². The average molecular weight is 234 g/mol. The fraction of sp³-hybridized carbons (Fsp3) is 0.333. The highest BCUT2D eigenvalue weighted by atomic mass is 16.4. The zero-order valence-corrected chi connectivity index (χ0v) is 9.35. The quantitative estimate of drug-likeness (QED) is 0.823. The highest BCUT2D eigenvalue weighted by Crippen LogP contribution is 2.18. The molecule has 0 bridgehead atoms. The van der Waals surface area contributed by atoms with E-state index < -0.39 is 5.97 Å². The van der Waals surface area contributed by atoms with Crippen LogP contribution in [0.25, 0.3) is 0 Å². The Hall–Kier alpha value is -2.04. The lowest BCUT2D eigenvalue weighted by Crippen LogP contribution is -2.27. The molecule has 2 N–H and O–H groups in total. The van der Waals surface area contributed by atoms with Crippen LogP contribution in [0.5, 0.6) is 0 Å². The van der Waals surface area contributed by atoms with Crippen LogP contribution in [0.15, 0.2) is 24.3 Å². The minimum atomic E-state index is -0.811. The zero-order chi connectivity index (χ0) is 12.3. The van der Waals surface area contributed by atoms with Gasteiger partial charge in [0.1, 0.15) is 0 Å². The first-order valence-electron chi connectivity index (χ1n) is 5.53. The second kappa shape index (κ2) is 4.86. The van der Waals surface area contributed by atoms with Gasteiger partial charge in [-0.15, -0.1) is 0 Å². The number of nitrogens with one attached hydrogen (secondary N) is 1. The Morgan fingerprint density at radius 3 is 2.94 bits per heavy atom. The second-order valence-corrected chi connectivity index (χ2v) is 3.95. The first-order valence-corrected chi connectivity index (χ1v) is 5.53. The van der Waals surface area contributed by atoms with Crippen molar-refractivity contribution in [1.82, 2.24) is 5.32 Å². The van der Waals surface area contributed by atoms with Crippen molar-refractivity contribution in [3.05, 3.63) is 29.8 Å². The number of anilines is 1. The van der Waals surface area contributed by atoms with Crippen LogP contribution in [0.1, 0.15) is 12.0 Å². The first-order chi connectivity index (χ1) is 8.16. The van der Waals surface area contributed by atoms with E-state index in [1.165, 1.54) is 0 Å². The van der Waals surface area contributed by atoms with Gasteiger partial charge < -0.3 is 10.4 Å². The van der Waals surface area contributed by atoms with E-state index in [4.69, 9.17) is 5.11 Å². The minimum absolute atomic E-state index is 0.0969. The molecule has 2 amide bonds. The monoisotopic (exact) mass is 234 g/mol. The summed E-state index contributed by atoms with van der Waals surface area (Å²) in [5.74, 6) is -0.811. The molecule has 0 unspecified atom stereocenters. The smallest absolute Gasteiger partial charge is 0.321 e. The standard InChI is InChI=1S/C12H14N2O3/c15-11(16)5-4-9-2-1-3-10(8-9)14-7-6-13-12(14)17/h1-3,8H,4-7H2,(H,13,17)(H,15,16). The maximum absolute atomic E-state index is 11.5. The molecule has 1 aliphatic heterocycles. The van der Waals surface area contributed by atoms with Gasteiger partial charge in [0.25, 0.3) is 0 Å². The number of carboxylic acid groups (broad SMARTS) is 1. The number of aryl methyl sites for hydroxylation is 1. The van der Waals surface area contributed by atoms with Crippen LogP contribution in [0.2, 0.25) is 0 Å². The number of rotatable bonds is 4. The fourth-order valence-corrected chi connectivity index (χ4v) is 1.85. The van der Waals surface area contributed by atoms with Gasteiger partial charge in [-0.3, -0.25) is 9.69 Å². The van der Waals surface area contributed by atoms with Gasteiger partial charge in [0, 0.05) is 25.2 Å². The third-order valence-electron chi connectivity index (χ3n) is 2.71. The molecule has 5 heteroatoms. The summed E-state index contributed by atoms with van der Waals surface area (Å²) in [5.41, 5.74) is 1.76. The van der Waals surface area contributed by atoms with Gasteiger partial charge in [0.15, 0.2) is 0 Å². The molecule has 90 valence electrons. The lowest BCUT2D eigenvalue weighted by atomic mass is 10.1. The third kappa shape index (κ3) is 2.75. The van der Waals surface area contributed by atoms with E-state index in [9.17, 15) is 9.59 Å². The molecule has 0 radical (unpaired) electrons. The Kier molecular flexibility index (Phi) is 3.27. The SMILES string of the molecule is O=C(O)CCc1cccc(N2CCNC2=O)c1. The van der Waals surface area contributed by atoms with E-state index in [1.807, 2.05) is 24.3 Å². The van der Waals surface area contributed by atoms with E-state index in [2.05, 4.69) is 5.32 Å². The molecule has 1 aromatic rings. The van der Waals surface area contributed by atoms with E-state index in [0.717, 1.165) is 11.3 Å². The number of benzene rings is 1. The van der Waals surface area contributed by atoms with Gasteiger partial charge in [-0.05, 0) is 24.1 Å². The second-order valence-electron chi connectivity index (χ2n) is 3.95. The van der Waals surface area contributed by atoms with Crippen molar-refractivity contribution in [3.63, 3.8) is 0 Å². The van der Waals surface area contributed by atoms with E-state index >= 15 is 0 Å². The van der Waals surface area contributed by atoms with Crippen molar-refractivity contribution in [3.8, 4) is 0 Å². The molecular weight excluding hydrogens is 220 g/mol. The molecule has 5 nitrogen and oxygen atoms in total. The van der Waals surface area contributed by atoms with Gasteiger partial charge in [0.05, 0.1) is 0 Å². The van der Waals surface area contributed by atoms with Crippen molar-refractivity contribution >= 4 is 17.7 Å². The van der Waals surface area contributed by atoms with Crippen LogP contribution < -0.4 is 10.2 Å². The van der Waals surface area contributed by atoms with E-state index in [0.29, 0.717) is 19.5 Å². The van der Waals surface area contributed by atoms with Crippen LogP contribution in [0.4, 0.5) is 10.5 Å². The molecule has 1 aromatic carbocycles. The number of amides is 2. The molecule has 1 fully saturated rings.